The van der Waals surface area contributed by atoms with Crippen LogP contribution in [0, 0.1) is 0 Å². The molecule has 1 aromatic rings. The maximum Gasteiger partial charge on any atom is 0.265 e. The first-order valence-corrected chi connectivity index (χ1v) is 7.80. The number of methoxy groups -OCH3 is 1. The van der Waals surface area contributed by atoms with Crippen molar-refractivity contribution in [2.24, 2.45) is 0 Å². The van der Waals surface area contributed by atoms with Crippen molar-refractivity contribution in [2.75, 3.05) is 20.2 Å². The van der Waals surface area contributed by atoms with Gasteiger partial charge < -0.3 is 9.64 Å². The van der Waals surface area contributed by atoms with E-state index in [0.29, 0.717) is 0 Å². The highest BCUT2D eigenvalue weighted by atomic mass is 79.9. The number of hydrogen-bond donors (Lipinski definition) is 0. The molecule has 1 aromatic heterocycles. The van der Waals surface area contributed by atoms with Crippen LogP contribution in [0.25, 0.3) is 0 Å². The highest BCUT2D eigenvalue weighted by Crippen LogP contribution is 2.28. The van der Waals surface area contributed by atoms with Crippen molar-refractivity contribution < 1.29 is 9.53 Å². The van der Waals surface area contributed by atoms with E-state index >= 15 is 0 Å². The van der Waals surface area contributed by atoms with Gasteiger partial charge in [-0.3, -0.25) is 4.79 Å². The molecule has 0 radical (unpaired) electrons. The third kappa shape index (κ3) is 2.95. The molecule has 0 saturated carbocycles. The van der Waals surface area contributed by atoms with Crippen molar-refractivity contribution >= 4 is 33.2 Å². The molecule has 2 rings (SSSR count). The van der Waals surface area contributed by atoms with Crippen molar-refractivity contribution in [2.45, 2.75) is 31.8 Å². The monoisotopic (exact) mass is 331 g/mol. The molecule has 0 N–H and O–H groups in total. The molecule has 1 fully saturated rings. The Hall–Kier alpha value is -0.390. The Balaban J connectivity index is 2.07. The Morgan fingerprint density at radius 3 is 2.89 bits per heavy atom. The minimum Gasteiger partial charge on any atom is -0.378 e. The zero-order chi connectivity index (χ0) is 13.2. The van der Waals surface area contributed by atoms with Crippen LogP contribution in [0.1, 0.15) is 35.9 Å². The number of amides is 1. The molecule has 0 aromatic carbocycles. The van der Waals surface area contributed by atoms with Gasteiger partial charge in [0.2, 0.25) is 0 Å². The normalized spacial score (nSPS) is 24.9. The van der Waals surface area contributed by atoms with E-state index in [2.05, 4.69) is 22.9 Å². The molecule has 3 nitrogen and oxygen atoms in total. The van der Waals surface area contributed by atoms with E-state index in [1.54, 1.807) is 7.11 Å². The van der Waals surface area contributed by atoms with Gasteiger partial charge in [0.05, 0.1) is 5.60 Å². The van der Waals surface area contributed by atoms with Crippen LogP contribution < -0.4 is 0 Å². The maximum atomic E-state index is 12.4. The molecule has 0 unspecified atom stereocenters. The second kappa shape index (κ2) is 5.72. The summed E-state index contributed by atoms with van der Waals surface area (Å²) in [6, 6.07) is 1.93. The molecule has 0 spiro atoms. The van der Waals surface area contributed by atoms with Crippen LogP contribution in [-0.2, 0) is 4.74 Å². The summed E-state index contributed by atoms with van der Waals surface area (Å²) in [5.74, 6) is 0.136. The van der Waals surface area contributed by atoms with Gasteiger partial charge in [-0.2, -0.15) is 0 Å². The Bertz CT molecular complexity index is 434. The lowest BCUT2D eigenvalue weighted by atomic mass is 9.97. The first-order chi connectivity index (χ1) is 8.56. The Kier molecular flexibility index (Phi) is 4.45. The quantitative estimate of drug-likeness (QED) is 0.829. The van der Waals surface area contributed by atoms with E-state index in [0.717, 1.165) is 41.7 Å². The van der Waals surface area contributed by atoms with Crippen molar-refractivity contribution in [3.8, 4) is 0 Å². The largest absolute Gasteiger partial charge is 0.378 e. The molecule has 1 aliphatic rings. The number of nitrogens with zero attached hydrogens (tertiary/aromatic N) is 1. The van der Waals surface area contributed by atoms with Gasteiger partial charge >= 0.3 is 0 Å². The summed E-state index contributed by atoms with van der Waals surface area (Å²) in [6.07, 6.45) is 2.91. The summed E-state index contributed by atoms with van der Waals surface area (Å²) < 4.78 is 6.46. The average molecular weight is 332 g/mol. The topological polar surface area (TPSA) is 29.5 Å². The van der Waals surface area contributed by atoms with E-state index < -0.39 is 0 Å². The van der Waals surface area contributed by atoms with Gasteiger partial charge in [0.25, 0.3) is 5.91 Å². The SMILES string of the molecule is CO[C@]1(C)CCCN(C(=O)c2sccc2Br)CC1. The van der Waals surface area contributed by atoms with Crippen molar-refractivity contribution in [1.29, 1.82) is 0 Å². The number of carbonyl (C=O) groups is 1. The molecular formula is C13H18BrNO2S. The van der Waals surface area contributed by atoms with Crippen LogP contribution >= 0.6 is 27.3 Å². The summed E-state index contributed by atoms with van der Waals surface area (Å²) >= 11 is 4.92. The van der Waals surface area contributed by atoms with E-state index in [-0.39, 0.29) is 11.5 Å². The summed E-state index contributed by atoms with van der Waals surface area (Å²) in [6.45, 7) is 3.72. The molecule has 1 amide bonds. The van der Waals surface area contributed by atoms with Crippen molar-refractivity contribution in [3.05, 3.63) is 20.8 Å². The van der Waals surface area contributed by atoms with Gasteiger partial charge in [0.1, 0.15) is 4.88 Å². The van der Waals surface area contributed by atoms with Crippen molar-refractivity contribution in [1.82, 2.24) is 4.90 Å². The van der Waals surface area contributed by atoms with E-state index in [1.165, 1.54) is 11.3 Å². The average Bonchev–Trinajstić information content (AvgIpc) is 2.68. The standard InChI is InChI=1S/C13H18BrNO2S/c1-13(17-2)5-3-7-15(8-6-13)12(16)11-10(14)4-9-18-11/h4,9H,3,5-8H2,1-2H3/t13-/m1/s1. The van der Waals surface area contributed by atoms with Crippen LogP contribution in [0.15, 0.2) is 15.9 Å². The fraction of sp³-hybridized carbons (Fsp3) is 0.615. The molecule has 0 aliphatic carbocycles. The van der Waals surface area contributed by atoms with Gasteiger partial charge in [-0.1, -0.05) is 0 Å². The van der Waals surface area contributed by atoms with Crippen LogP contribution in [-0.4, -0.2) is 36.6 Å². The molecular weight excluding hydrogens is 314 g/mol. The van der Waals surface area contributed by atoms with Crippen LogP contribution in [0.5, 0.6) is 0 Å². The number of rotatable bonds is 2. The van der Waals surface area contributed by atoms with Gasteiger partial charge in [0, 0.05) is 24.7 Å². The Labute approximate surface area is 120 Å². The third-order valence-electron chi connectivity index (χ3n) is 3.64. The molecule has 0 bridgehead atoms. The predicted molar refractivity (Wildman–Crippen MR) is 77.2 cm³/mol. The summed E-state index contributed by atoms with van der Waals surface area (Å²) in [5.41, 5.74) is -0.0816. The molecule has 1 aliphatic heterocycles. The molecule has 18 heavy (non-hydrogen) atoms. The molecule has 1 atom stereocenters. The minimum atomic E-state index is -0.0816. The predicted octanol–water partition coefficient (Wildman–Crippen LogP) is 3.54. The minimum absolute atomic E-state index is 0.0816. The lowest BCUT2D eigenvalue weighted by Crippen LogP contribution is -2.33. The van der Waals surface area contributed by atoms with Gasteiger partial charge in [0.15, 0.2) is 0 Å². The van der Waals surface area contributed by atoms with Crippen molar-refractivity contribution in [3.63, 3.8) is 0 Å². The maximum absolute atomic E-state index is 12.4. The Morgan fingerprint density at radius 2 is 2.28 bits per heavy atom. The van der Waals surface area contributed by atoms with Gasteiger partial charge in [-0.15, -0.1) is 11.3 Å². The first kappa shape index (κ1) is 14.0. The molecule has 100 valence electrons. The highest BCUT2D eigenvalue weighted by Gasteiger charge is 2.30. The van der Waals surface area contributed by atoms with Gasteiger partial charge in [-0.25, -0.2) is 0 Å². The number of halogens is 1. The summed E-state index contributed by atoms with van der Waals surface area (Å²) in [7, 11) is 1.76. The lowest BCUT2D eigenvalue weighted by Gasteiger charge is -2.26. The smallest absolute Gasteiger partial charge is 0.265 e. The zero-order valence-electron chi connectivity index (χ0n) is 10.7. The Morgan fingerprint density at radius 1 is 1.50 bits per heavy atom. The summed E-state index contributed by atoms with van der Waals surface area (Å²) in [5, 5.41) is 1.94. The fourth-order valence-corrected chi connectivity index (χ4v) is 3.76. The lowest BCUT2D eigenvalue weighted by molar-refractivity contribution is -0.00536. The number of thiophene rings is 1. The second-order valence-corrected chi connectivity index (χ2v) is 6.67. The molecule has 1 saturated heterocycles. The third-order valence-corrected chi connectivity index (χ3v) is 5.46. The van der Waals surface area contributed by atoms with Crippen LogP contribution in [0.4, 0.5) is 0 Å². The zero-order valence-corrected chi connectivity index (χ0v) is 13.1. The number of hydrogen-bond acceptors (Lipinski definition) is 3. The highest BCUT2D eigenvalue weighted by molar-refractivity contribution is 9.10. The molecule has 5 heteroatoms. The van der Waals surface area contributed by atoms with Crippen LogP contribution in [0.3, 0.4) is 0 Å². The number of carbonyl (C=O) groups excluding carboxylic acids is 1. The van der Waals surface area contributed by atoms with Crippen LogP contribution in [0.2, 0.25) is 0 Å². The van der Waals surface area contributed by atoms with E-state index in [1.807, 2.05) is 16.3 Å². The first-order valence-electron chi connectivity index (χ1n) is 6.13. The van der Waals surface area contributed by atoms with E-state index in [9.17, 15) is 4.79 Å². The summed E-state index contributed by atoms with van der Waals surface area (Å²) in [4.78, 5) is 15.1. The molecule has 2 heterocycles. The number of likely N-dealkylation sites (tertiary alicyclic amines) is 1. The van der Waals surface area contributed by atoms with E-state index in [4.69, 9.17) is 4.74 Å². The second-order valence-electron chi connectivity index (χ2n) is 4.90. The fourth-order valence-electron chi connectivity index (χ4n) is 2.25. The number of ether oxygens (including phenoxy) is 1. The van der Waals surface area contributed by atoms with Gasteiger partial charge in [-0.05, 0) is 53.6 Å².